The lowest BCUT2D eigenvalue weighted by Crippen LogP contribution is -2.40. The van der Waals surface area contributed by atoms with E-state index in [0.717, 1.165) is 6.20 Å². The van der Waals surface area contributed by atoms with Gasteiger partial charge in [-0.05, 0) is 5.92 Å². The van der Waals surface area contributed by atoms with Gasteiger partial charge in [-0.3, -0.25) is 14.6 Å². The molecule has 5 N–H and O–H groups in total. The Labute approximate surface area is 136 Å². The van der Waals surface area contributed by atoms with Crippen LogP contribution < -0.4 is 17.0 Å². The van der Waals surface area contributed by atoms with Crippen molar-refractivity contribution in [1.82, 2.24) is 14.8 Å². The number of nitrogens with one attached hydrogen (secondary N) is 1. The first-order valence-corrected chi connectivity index (χ1v) is 7.34. The van der Waals surface area contributed by atoms with Gasteiger partial charge in [-0.15, -0.1) is 0 Å². The Morgan fingerprint density at radius 1 is 1.46 bits per heavy atom. The summed E-state index contributed by atoms with van der Waals surface area (Å²) in [6.45, 7) is 3.15. The van der Waals surface area contributed by atoms with E-state index in [4.69, 9.17) is 15.2 Å². The Bertz CT molecular complexity index is 700. The maximum absolute atomic E-state index is 11.7. The fourth-order valence-electron chi connectivity index (χ4n) is 2.14. The van der Waals surface area contributed by atoms with Crippen molar-refractivity contribution < 1.29 is 24.5 Å². The minimum atomic E-state index is -1.50. The highest BCUT2D eigenvalue weighted by atomic mass is 16.6. The number of nitrogens with zero attached hydrogens (tertiary/aromatic N) is 2. The highest BCUT2D eigenvalue weighted by Gasteiger charge is 2.45. The summed E-state index contributed by atoms with van der Waals surface area (Å²) in [5.41, 5.74) is 4.03. The van der Waals surface area contributed by atoms with E-state index in [9.17, 15) is 24.6 Å². The number of carbonyl (C=O) groups excluding carboxylic acids is 1. The molecular formula is C13H20N4O7. The molecule has 11 nitrogen and oxygen atoms in total. The molecule has 0 saturated carbocycles. The Balaban J connectivity index is 2.06. The van der Waals surface area contributed by atoms with Crippen LogP contribution >= 0.6 is 0 Å². The van der Waals surface area contributed by atoms with Gasteiger partial charge in [-0.2, -0.15) is 9.78 Å². The van der Waals surface area contributed by atoms with Gasteiger partial charge in [0.2, 0.25) is 0 Å². The number of rotatable bonds is 5. The van der Waals surface area contributed by atoms with E-state index in [-0.39, 0.29) is 12.5 Å². The van der Waals surface area contributed by atoms with E-state index < -0.39 is 47.8 Å². The van der Waals surface area contributed by atoms with Crippen LogP contribution in [-0.2, 0) is 14.3 Å². The van der Waals surface area contributed by atoms with Crippen molar-refractivity contribution >= 4 is 5.97 Å². The van der Waals surface area contributed by atoms with Crippen LogP contribution in [0.3, 0.4) is 0 Å². The second-order valence-electron chi connectivity index (χ2n) is 5.83. The van der Waals surface area contributed by atoms with Crippen molar-refractivity contribution in [2.24, 2.45) is 11.7 Å². The third-order valence-corrected chi connectivity index (χ3v) is 3.70. The lowest BCUT2D eigenvalue weighted by Gasteiger charge is -2.18. The number of ether oxygens (including phenoxy) is 2. The standard InChI is InChI=1S/C13H20N4O7/c1-5(2)8(14)12(21)23-4-6-9(19)10(20)11(24-6)17-13(22)16-7(18)3-15-17/h3,5-6,8-11,19-20H,4,14H2,1-2H3,(H,16,18,22)/t6-,8-,9+,10+,11-/m1/s1. The van der Waals surface area contributed by atoms with E-state index in [1.165, 1.54) is 0 Å². The molecule has 0 bridgehead atoms. The lowest BCUT2D eigenvalue weighted by atomic mass is 10.1. The van der Waals surface area contributed by atoms with Crippen LogP contribution in [0.2, 0.25) is 0 Å². The fourth-order valence-corrected chi connectivity index (χ4v) is 2.14. The first kappa shape index (κ1) is 18.3. The zero-order chi connectivity index (χ0) is 18.0. The summed E-state index contributed by atoms with van der Waals surface area (Å²) in [6.07, 6.45) is -4.48. The maximum Gasteiger partial charge on any atom is 0.347 e. The van der Waals surface area contributed by atoms with Gasteiger partial charge in [0.25, 0.3) is 5.56 Å². The molecule has 0 spiro atoms. The topological polar surface area (TPSA) is 170 Å². The first-order chi connectivity index (χ1) is 11.2. The van der Waals surface area contributed by atoms with Crippen molar-refractivity contribution in [3.8, 4) is 0 Å². The van der Waals surface area contributed by atoms with Gasteiger partial charge in [-0.25, -0.2) is 4.79 Å². The molecule has 2 heterocycles. The lowest BCUT2D eigenvalue weighted by molar-refractivity contribution is -0.153. The Morgan fingerprint density at radius 2 is 2.12 bits per heavy atom. The molecule has 24 heavy (non-hydrogen) atoms. The fraction of sp³-hybridized carbons (Fsp3) is 0.692. The van der Waals surface area contributed by atoms with E-state index in [1.807, 2.05) is 4.98 Å². The summed E-state index contributed by atoms with van der Waals surface area (Å²) < 4.78 is 11.0. The van der Waals surface area contributed by atoms with Crippen LogP contribution in [0.15, 0.2) is 15.8 Å². The number of aliphatic hydroxyl groups excluding tert-OH is 2. The van der Waals surface area contributed by atoms with Gasteiger partial charge in [0, 0.05) is 0 Å². The molecule has 1 saturated heterocycles. The highest BCUT2D eigenvalue weighted by molar-refractivity contribution is 5.75. The van der Waals surface area contributed by atoms with Gasteiger partial charge in [0.05, 0.1) is 0 Å². The SMILES string of the molecule is CC(C)[C@@H](N)C(=O)OC[C@H]1O[C@@H](n2ncc(=O)[nH]c2=O)[C@@H](O)[C@H]1O. The number of aromatic nitrogens is 3. The third kappa shape index (κ3) is 3.70. The number of carbonyl (C=O) groups is 1. The van der Waals surface area contributed by atoms with Crippen molar-refractivity contribution in [2.45, 2.75) is 44.4 Å². The average Bonchev–Trinajstić information content (AvgIpc) is 2.80. The Morgan fingerprint density at radius 3 is 2.71 bits per heavy atom. The molecule has 1 aromatic heterocycles. The number of aromatic amines is 1. The van der Waals surface area contributed by atoms with Crippen LogP contribution in [0, 0.1) is 5.92 Å². The predicted octanol–water partition coefficient (Wildman–Crippen LogP) is -2.92. The number of esters is 1. The summed E-state index contributed by atoms with van der Waals surface area (Å²) >= 11 is 0. The van der Waals surface area contributed by atoms with E-state index in [0.29, 0.717) is 4.68 Å². The molecule has 0 aliphatic carbocycles. The Kier molecular flexibility index (Phi) is 5.49. The molecule has 0 amide bonds. The Hall–Kier alpha value is -2.08. The van der Waals surface area contributed by atoms with Crippen molar-refractivity contribution in [3.63, 3.8) is 0 Å². The zero-order valence-electron chi connectivity index (χ0n) is 13.2. The second kappa shape index (κ2) is 7.21. The molecule has 1 aliphatic rings. The molecule has 0 unspecified atom stereocenters. The minimum Gasteiger partial charge on any atom is -0.462 e. The number of hydrogen-bond donors (Lipinski definition) is 4. The first-order valence-electron chi connectivity index (χ1n) is 7.34. The summed E-state index contributed by atoms with van der Waals surface area (Å²) in [4.78, 5) is 36.4. The number of nitrogens with two attached hydrogens (primary N) is 1. The van der Waals surface area contributed by atoms with Crippen molar-refractivity contribution in [2.75, 3.05) is 6.61 Å². The number of hydrogen-bond acceptors (Lipinski definition) is 9. The van der Waals surface area contributed by atoms with Gasteiger partial charge < -0.3 is 25.4 Å². The number of aliphatic hydroxyl groups is 2. The zero-order valence-corrected chi connectivity index (χ0v) is 13.2. The van der Waals surface area contributed by atoms with Gasteiger partial charge in [-0.1, -0.05) is 13.8 Å². The highest BCUT2D eigenvalue weighted by Crippen LogP contribution is 2.27. The van der Waals surface area contributed by atoms with Crippen LogP contribution in [0.5, 0.6) is 0 Å². The van der Waals surface area contributed by atoms with Gasteiger partial charge in [0.15, 0.2) is 6.23 Å². The van der Waals surface area contributed by atoms with Crippen LogP contribution in [0.25, 0.3) is 0 Å². The molecule has 2 rings (SSSR count). The normalized spacial score (nSPS) is 28.1. The van der Waals surface area contributed by atoms with Crippen molar-refractivity contribution in [1.29, 1.82) is 0 Å². The van der Waals surface area contributed by atoms with Crippen LogP contribution in [0.1, 0.15) is 20.1 Å². The molecule has 1 aromatic rings. The van der Waals surface area contributed by atoms with Gasteiger partial charge in [0.1, 0.15) is 37.2 Å². The van der Waals surface area contributed by atoms with Crippen molar-refractivity contribution in [3.05, 3.63) is 27.0 Å². The molecular weight excluding hydrogens is 324 g/mol. The minimum absolute atomic E-state index is 0.130. The van der Waals surface area contributed by atoms with Crippen LogP contribution in [-0.4, -0.2) is 61.9 Å². The molecule has 0 aromatic carbocycles. The molecule has 1 aliphatic heterocycles. The van der Waals surface area contributed by atoms with Crippen LogP contribution in [0.4, 0.5) is 0 Å². The predicted molar refractivity (Wildman–Crippen MR) is 78.8 cm³/mol. The average molecular weight is 344 g/mol. The maximum atomic E-state index is 11.7. The smallest absolute Gasteiger partial charge is 0.347 e. The van der Waals surface area contributed by atoms with E-state index in [2.05, 4.69) is 5.10 Å². The third-order valence-electron chi connectivity index (χ3n) is 3.70. The number of H-pyrrole nitrogens is 1. The van der Waals surface area contributed by atoms with E-state index >= 15 is 0 Å². The summed E-state index contributed by atoms with van der Waals surface area (Å²) in [6, 6.07) is -0.826. The van der Waals surface area contributed by atoms with E-state index in [1.54, 1.807) is 13.8 Å². The molecule has 11 heteroatoms. The van der Waals surface area contributed by atoms with Gasteiger partial charge >= 0.3 is 11.7 Å². The molecule has 5 atom stereocenters. The molecule has 1 fully saturated rings. The second-order valence-corrected chi connectivity index (χ2v) is 5.83. The quantitative estimate of drug-likeness (QED) is 0.408. The summed E-state index contributed by atoms with van der Waals surface area (Å²) in [7, 11) is 0. The monoisotopic (exact) mass is 344 g/mol. The largest absolute Gasteiger partial charge is 0.462 e. The summed E-state index contributed by atoms with van der Waals surface area (Å²) in [5, 5.41) is 23.6. The molecule has 134 valence electrons. The summed E-state index contributed by atoms with van der Waals surface area (Å²) in [5.74, 6) is -0.799. The molecule has 0 radical (unpaired) electrons.